The number of phenols is 1. The number of nitrogens with two attached hydrogens (primary N) is 1. The van der Waals surface area contributed by atoms with E-state index < -0.39 is 0 Å². The van der Waals surface area contributed by atoms with Crippen molar-refractivity contribution in [3.05, 3.63) is 24.3 Å². The van der Waals surface area contributed by atoms with E-state index in [4.69, 9.17) is 10.5 Å². The van der Waals surface area contributed by atoms with Crippen LogP contribution in [0.25, 0.3) is 0 Å². The first-order chi connectivity index (χ1) is 9.56. The normalized spacial score (nSPS) is 19.2. The van der Waals surface area contributed by atoms with Gasteiger partial charge in [0.2, 0.25) is 0 Å². The van der Waals surface area contributed by atoms with Crippen molar-refractivity contribution in [1.82, 2.24) is 4.90 Å². The van der Waals surface area contributed by atoms with Crippen LogP contribution in [-0.2, 0) is 0 Å². The second-order valence-electron chi connectivity index (χ2n) is 5.94. The standard InChI is InChI=1S/C16H26N2O2/c1-12(2)18-8-6-13(7-9-18)16(17)11-20-15-5-3-4-14(19)10-15/h3-5,10,12-13,16,19H,6-9,11,17H2,1-2H3. The van der Waals surface area contributed by atoms with Gasteiger partial charge in [-0.05, 0) is 57.8 Å². The summed E-state index contributed by atoms with van der Waals surface area (Å²) in [6, 6.07) is 7.55. The van der Waals surface area contributed by atoms with Crippen LogP contribution in [0.4, 0.5) is 0 Å². The molecule has 1 aliphatic rings. The van der Waals surface area contributed by atoms with Crippen LogP contribution in [0.3, 0.4) is 0 Å². The molecule has 4 heteroatoms. The second-order valence-corrected chi connectivity index (χ2v) is 5.94. The molecule has 0 saturated carbocycles. The van der Waals surface area contributed by atoms with Gasteiger partial charge in [0.15, 0.2) is 0 Å². The molecule has 1 aliphatic heterocycles. The molecule has 0 aromatic heterocycles. The maximum Gasteiger partial charge on any atom is 0.123 e. The van der Waals surface area contributed by atoms with Gasteiger partial charge in [-0.1, -0.05) is 6.07 Å². The lowest BCUT2D eigenvalue weighted by Crippen LogP contribution is -2.45. The molecule has 1 unspecified atom stereocenters. The lowest BCUT2D eigenvalue weighted by atomic mass is 9.90. The number of phenolic OH excluding ortho intramolecular Hbond substituents is 1. The van der Waals surface area contributed by atoms with Gasteiger partial charge in [-0.25, -0.2) is 0 Å². The molecule has 1 saturated heterocycles. The first-order valence-electron chi connectivity index (χ1n) is 7.47. The van der Waals surface area contributed by atoms with Gasteiger partial charge in [0.05, 0.1) is 0 Å². The van der Waals surface area contributed by atoms with Crippen molar-refractivity contribution in [1.29, 1.82) is 0 Å². The van der Waals surface area contributed by atoms with Crippen LogP contribution in [0.15, 0.2) is 24.3 Å². The molecule has 2 rings (SSSR count). The Labute approximate surface area is 121 Å². The minimum Gasteiger partial charge on any atom is -0.508 e. The Hall–Kier alpha value is -1.26. The number of benzene rings is 1. The van der Waals surface area contributed by atoms with Crippen LogP contribution < -0.4 is 10.5 Å². The highest BCUT2D eigenvalue weighted by Gasteiger charge is 2.25. The highest BCUT2D eigenvalue weighted by Crippen LogP contribution is 2.23. The molecule has 0 amide bonds. The molecule has 1 heterocycles. The van der Waals surface area contributed by atoms with E-state index in [2.05, 4.69) is 18.7 Å². The Morgan fingerprint density at radius 2 is 2.05 bits per heavy atom. The number of hydrogen-bond donors (Lipinski definition) is 2. The van der Waals surface area contributed by atoms with Crippen molar-refractivity contribution < 1.29 is 9.84 Å². The summed E-state index contributed by atoms with van der Waals surface area (Å²) in [7, 11) is 0. The third-order valence-corrected chi connectivity index (χ3v) is 4.17. The molecule has 20 heavy (non-hydrogen) atoms. The van der Waals surface area contributed by atoms with Crippen LogP contribution in [-0.4, -0.2) is 41.8 Å². The largest absolute Gasteiger partial charge is 0.508 e. The van der Waals surface area contributed by atoms with Crippen molar-refractivity contribution in [2.24, 2.45) is 11.7 Å². The highest BCUT2D eigenvalue weighted by molar-refractivity contribution is 5.31. The van der Waals surface area contributed by atoms with Gasteiger partial charge in [-0.3, -0.25) is 0 Å². The Bertz CT molecular complexity index is 415. The molecule has 1 fully saturated rings. The van der Waals surface area contributed by atoms with Crippen molar-refractivity contribution in [3.8, 4) is 11.5 Å². The number of piperidine rings is 1. The van der Waals surface area contributed by atoms with Crippen LogP contribution in [0, 0.1) is 5.92 Å². The number of hydrogen-bond acceptors (Lipinski definition) is 4. The minimum absolute atomic E-state index is 0.0617. The fourth-order valence-electron chi connectivity index (χ4n) is 2.77. The van der Waals surface area contributed by atoms with Gasteiger partial charge >= 0.3 is 0 Å². The summed E-state index contributed by atoms with van der Waals surface area (Å²) in [4.78, 5) is 2.50. The Morgan fingerprint density at radius 3 is 2.65 bits per heavy atom. The summed E-state index contributed by atoms with van der Waals surface area (Å²) in [5.74, 6) is 1.43. The van der Waals surface area contributed by atoms with Crippen molar-refractivity contribution in [3.63, 3.8) is 0 Å². The third-order valence-electron chi connectivity index (χ3n) is 4.17. The maximum absolute atomic E-state index is 9.39. The van der Waals surface area contributed by atoms with Crippen molar-refractivity contribution in [2.75, 3.05) is 19.7 Å². The van der Waals surface area contributed by atoms with Gasteiger partial charge in [0, 0.05) is 18.2 Å². The predicted octanol–water partition coefficient (Wildman–Crippen LogP) is 2.22. The molecule has 1 aromatic rings. The Kier molecular flexibility index (Phi) is 5.26. The zero-order valence-corrected chi connectivity index (χ0v) is 12.5. The average Bonchev–Trinajstić information content (AvgIpc) is 2.45. The molecule has 0 radical (unpaired) electrons. The highest BCUT2D eigenvalue weighted by atomic mass is 16.5. The lowest BCUT2D eigenvalue weighted by molar-refractivity contribution is 0.123. The van der Waals surface area contributed by atoms with Crippen molar-refractivity contribution >= 4 is 0 Å². The van der Waals surface area contributed by atoms with E-state index in [9.17, 15) is 5.11 Å². The molecule has 1 aromatic carbocycles. The summed E-state index contributed by atoms with van der Waals surface area (Å²) >= 11 is 0. The first-order valence-corrected chi connectivity index (χ1v) is 7.47. The fourth-order valence-corrected chi connectivity index (χ4v) is 2.77. The zero-order valence-electron chi connectivity index (χ0n) is 12.5. The van der Waals surface area contributed by atoms with Gasteiger partial charge < -0.3 is 20.5 Å². The van der Waals surface area contributed by atoms with E-state index in [0.717, 1.165) is 25.9 Å². The van der Waals surface area contributed by atoms with Gasteiger partial charge in [0.1, 0.15) is 18.1 Å². The fraction of sp³-hybridized carbons (Fsp3) is 0.625. The molecule has 0 bridgehead atoms. The number of ether oxygens (including phenoxy) is 1. The molecule has 0 aliphatic carbocycles. The molecule has 3 N–H and O–H groups in total. The molecule has 1 atom stereocenters. The third kappa shape index (κ3) is 4.12. The molecule has 0 spiro atoms. The summed E-state index contributed by atoms with van der Waals surface area (Å²) in [5, 5.41) is 9.39. The summed E-state index contributed by atoms with van der Waals surface area (Å²) in [6.07, 6.45) is 2.28. The van der Waals surface area contributed by atoms with Gasteiger partial charge in [0.25, 0.3) is 0 Å². The molecular formula is C16H26N2O2. The van der Waals surface area contributed by atoms with Crippen LogP contribution in [0.2, 0.25) is 0 Å². The van der Waals surface area contributed by atoms with E-state index in [1.807, 2.05) is 6.07 Å². The Morgan fingerprint density at radius 1 is 1.35 bits per heavy atom. The number of aromatic hydroxyl groups is 1. The smallest absolute Gasteiger partial charge is 0.123 e. The van der Waals surface area contributed by atoms with E-state index >= 15 is 0 Å². The number of rotatable bonds is 5. The monoisotopic (exact) mass is 278 g/mol. The molecule has 4 nitrogen and oxygen atoms in total. The lowest BCUT2D eigenvalue weighted by Gasteiger charge is -2.36. The van der Waals surface area contributed by atoms with E-state index in [1.165, 1.54) is 0 Å². The zero-order chi connectivity index (χ0) is 14.5. The summed E-state index contributed by atoms with van der Waals surface area (Å²) in [6.45, 7) is 7.25. The topological polar surface area (TPSA) is 58.7 Å². The maximum atomic E-state index is 9.39. The summed E-state index contributed by atoms with van der Waals surface area (Å²) in [5.41, 5.74) is 6.25. The van der Waals surface area contributed by atoms with E-state index in [-0.39, 0.29) is 11.8 Å². The second kappa shape index (κ2) is 6.95. The number of nitrogens with zero attached hydrogens (tertiary/aromatic N) is 1. The molecule has 112 valence electrons. The SMILES string of the molecule is CC(C)N1CCC(C(N)COc2cccc(O)c2)CC1. The predicted molar refractivity (Wildman–Crippen MR) is 81.0 cm³/mol. The van der Waals surface area contributed by atoms with Crippen LogP contribution >= 0.6 is 0 Å². The van der Waals surface area contributed by atoms with E-state index in [1.54, 1.807) is 18.2 Å². The number of likely N-dealkylation sites (tertiary alicyclic amines) is 1. The van der Waals surface area contributed by atoms with Gasteiger partial charge in [-0.15, -0.1) is 0 Å². The first kappa shape index (κ1) is 15.1. The van der Waals surface area contributed by atoms with Crippen LogP contribution in [0.1, 0.15) is 26.7 Å². The quantitative estimate of drug-likeness (QED) is 0.867. The van der Waals surface area contributed by atoms with E-state index in [0.29, 0.717) is 24.3 Å². The van der Waals surface area contributed by atoms with Gasteiger partial charge in [-0.2, -0.15) is 0 Å². The summed E-state index contributed by atoms with van der Waals surface area (Å²) < 4.78 is 5.68. The van der Waals surface area contributed by atoms with Crippen LogP contribution in [0.5, 0.6) is 11.5 Å². The van der Waals surface area contributed by atoms with Crippen molar-refractivity contribution in [2.45, 2.75) is 38.8 Å². The minimum atomic E-state index is 0.0617. The Balaban J connectivity index is 1.77. The average molecular weight is 278 g/mol. The molecular weight excluding hydrogens is 252 g/mol.